The smallest absolute Gasteiger partial charge is 0.326 e. The minimum atomic E-state index is -3.75. The van der Waals surface area contributed by atoms with Gasteiger partial charge in [0.1, 0.15) is 6.04 Å². The van der Waals surface area contributed by atoms with Crippen LogP contribution in [-0.2, 0) is 26.0 Å². The number of nitrogens with zero attached hydrogens (tertiary/aromatic N) is 1. The summed E-state index contributed by atoms with van der Waals surface area (Å²) in [5.41, 5.74) is 0.359. The minimum Gasteiger partial charge on any atom is -0.480 e. The van der Waals surface area contributed by atoms with Crippen molar-refractivity contribution in [3.05, 3.63) is 41.4 Å². The molecule has 0 aliphatic rings. The molecule has 1 heterocycles. The molecule has 11 heteroatoms. The Bertz CT molecular complexity index is 884. The highest BCUT2D eigenvalue weighted by atomic mass is 32.2. The lowest BCUT2D eigenvalue weighted by Crippen LogP contribution is -2.41. The van der Waals surface area contributed by atoms with Crippen LogP contribution in [-0.4, -0.2) is 48.4 Å². The van der Waals surface area contributed by atoms with Crippen LogP contribution in [0.4, 0.5) is 5.13 Å². The Morgan fingerprint density at radius 1 is 1.30 bits per heavy atom. The third kappa shape index (κ3) is 6.52. The molecule has 146 valence electrons. The number of thiazole rings is 1. The fraction of sp³-hybridized carbons (Fsp3) is 0.312. The lowest BCUT2D eigenvalue weighted by molar-refractivity contribution is -0.141. The number of sulfonamides is 1. The number of benzene rings is 1. The normalized spacial score (nSPS) is 12.3. The number of aliphatic carboxylic acids is 1. The molecule has 1 aromatic carbocycles. The first-order valence-corrected chi connectivity index (χ1v) is 11.6. The lowest BCUT2D eigenvalue weighted by atomic mass is 10.2. The zero-order valence-corrected chi connectivity index (χ0v) is 16.9. The molecule has 0 aliphatic carbocycles. The molecule has 1 atom stereocenters. The van der Waals surface area contributed by atoms with E-state index < -0.39 is 27.9 Å². The highest BCUT2D eigenvalue weighted by molar-refractivity contribution is 7.98. The molecule has 0 fully saturated rings. The van der Waals surface area contributed by atoms with Crippen LogP contribution >= 0.6 is 23.1 Å². The third-order valence-electron chi connectivity index (χ3n) is 3.41. The topological polar surface area (TPSA) is 125 Å². The summed E-state index contributed by atoms with van der Waals surface area (Å²) in [7, 11) is -3.75. The highest BCUT2D eigenvalue weighted by Gasteiger charge is 2.21. The first-order chi connectivity index (χ1) is 12.8. The Balaban J connectivity index is 1.97. The van der Waals surface area contributed by atoms with Crippen molar-refractivity contribution < 1.29 is 23.1 Å². The van der Waals surface area contributed by atoms with E-state index in [4.69, 9.17) is 5.11 Å². The summed E-state index contributed by atoms with van der Waals surface area (Å²) < 4.78 is 26.9. The quantitative estimate of drug-likeness (QED) is 0.526. The summed E-state index contributed by atoms with van der Waals surface area (Å²) in [4.78, 5) is 27.4. The second-order valence-electron chi connectivity index (χ2n) is 5.48. The Labute approximate surface area is 165 Å². The van der Waals surface area contributed by atoms with Crippen molar-refractivity contribution in [2.45, 2.75) is 23.8 Å². The van der Waals surface area contributed by atoms with Gasteiger partial charge in [0.25, 0.3) is 10.0 Å². The lowest BCUT2D eigenvalue weighted by Gasteiger charge is -2.13. The van der Waals surface area contributed by atoms with Gasteiger partial charge in [-0.1, -0.05) is 18.2 Å². The van der Waals surface area contributed by atoms with Crippen LogP contribution in [0.1, 0.15) is 12.1 Å². The molecule has 3 N–H and O–H groups in total. The van der Waals surface area contributed by atoms with Gasteiger partial charge in [-0.3, -0.25) is 9.52 Å². The molecule has 1 amide bonds. The van der Waals surface area contributed by atoms with E-state index in [1.165, 1.54) is 23.9 Å². The molecule has 1 unspecified atom stereocenters. The number of nitrogens with one attached hydrogen (secondary N) is 2. The van der Waals surface area contributed by atoms with Crippen molar-refractivity contribution >= 4 is 50.1 Å². The van der Waals surface area contributed by atoms with E-state index in [0.29, 0.717) is 17.9 Å². The van der Waals surface area contributed by atoms with Gasteiger partial charge < -0.3 is 10.4 Å². The van der Waals surface area contributed by atoms with E-state index in [2.05, 4.69) is 15.0 Å². The average Bonchev–Trinajstić information content (AvgIpc) is 3.05. The van der Waals surface area contributed by atoms with Crippen molar-refractivity contribution in [1.29, 1.82) is 0 Å². The van der Waals surface area contributed by atoms with Gasteiger partial charge in [-0.05, 0) is 30.6 Å². The van der Waals surface area contributed by atoms with Gasteiger partial charge in [-0.15, -0.1) is 11.3 Å². The zero-order chi connectivity index (χ0) is 19.9. The number of thioether (sulfide) groups is 1. The number of hydrogen-bond donors (Lipinski definition) is 3. The number of amides is 1. The first kappa shape index (κ1) is 21.2. The van der Waals surface area contributed by atoms with E-state index >= 15 is 0 Å². The monoisotopic (exact) mass is 429 g/mol. The molecule has 0 saturated carbocycles. The van der Waals surface area contributed by atoms with Crippen LogP contribution < -0.4 is 10.0 Å². The van der Waals surface area contributed by atoms with Crippen molar-refractivity contribution in [3.8, 4) is 0 Å². The molecular formula is C16H19N3O5S3. The van der Waals surface area contributed by atoms with Gasteiger partial charge in [0.2, 0.25) is 5.91 Å². The summed E-state index contributed by atoms with van der Waals surface area (Å²) in [6, 6.07) is 6.91. The van der Waals surface area contributed by atoms with Gasteiger partial charge in [0, 0.05) is 5.38 Å². The zero-order valence-electron chi connectivity index (χ0n) is 14.4. The standard InChI is InChI=1S/C16H19N3O5S3/c1-25-8-7-13(15(21)22)18-14(20)9-11-10-26-16(17-11)19-27(23,24)12-5-3-2-4-6-12/h2-6,10,13H,7-9H2,1H3,(H,17,19)(H,18,20)(H,21,22). The van der Waals surface area contributed by atoms with Crippen LogP contribution in [0.5, 0.6) is 0 Å². The number of carbonyl (C=O) groups excluding carboxylic acids is 1. The van der Waals surface area contributed by atoms with E-state index in [1.54, 1.807) is 23.6 Å². The maximum atomic E-state index is 12.3. The van der Waals surface area contributed by atoms with E-state index in [9.17, 15) is 18.0 Å². The SMILES string of the molecule is CSCCC(NC(=O)Cc1csc(NS(=O)(=O)c2ccccc2)n1)C(=O)O. The average molecular weight is 430 g/mol. The predicted molar refractivity (Wildman–Crippen MR) is 106 cm³/mol. The Morgan fingerprint density at radius 2 is 2.00 bits per heavy atom. The van der Waals surface area contributed by atoms with Crippen molar-refractivity contribution in [1.82, 2.24) is 10.3 Å². The second kappa shape index (κ2) is 9.72. The van der Waals surface area contributed by atoms with Crippen molar-refractivity contribution in [2.24, 2.45) is 0 Å². The van der Waals surface area contributed by atoms with Crippen molar-refractivity contribution in [3.63, 3.8) is 0 Å². The summed E-state index contributed by atoms with van der Waals surface area (Å²) in [6.45, 7) is 0. The maximum absolute atomic E-state index is 12.3. The summed E-state index contributed by atoms with van der Waals surface area (Å²) in [5.74, 6) is -0.961. The number of carbonyl (C=O) groups is 2. The number of hydrogen-bond acceptors (Lipinski definition) is 7. The van der Waals surface area contributed by atoms with Crippen molar-refractivity contribution in [2.75, 3.05) is 16.7 Å². The van der Waals surface area contributed by atoms with Gasteiger partial charge in [-0.25, -0.2) is 18.2 Å². The summed E-state index contributed by atoms with van der Waals surface area (Å²) >= 11 is 2.55. The number of rotatable bonds is 10. The second-order valence-corrected chi connectivity index (χ2v) is 9.01. The number of aromatic nitrogens is 1. The largest absolute Gasteiger partial charge is 0.480 e. The van der Waals surface area contributed by atoms with Crippen LogP contribution in [0, 0.1) is 0 Å². The molecule has 0 radical (unpaired) electrons. The van der Waals surface area contributed by atoms with E-state index in [-0.39, 0.29) is 16.4 Å². The summed E-state index contributed by atoms with van der Waals surface area (Å²) in [5, 5.41) is 13.3. The number of anilines is 1. The molecule has 2 rings (SSSR count). The van der Waals surface area contributed by atoms with E-state index in [0.717, 1.165) is 11.3 Å². The molecule has 27 heavy (non-hydrogen) atoms. The maximum Gasteiger partial charge on any atom is 0.326 e. The Morgan fingerprint density at radius 3 is 2.63 bits per heavy atom. The minimum absolute atomic E-state index is 0.109. The molecule has 0 aliphatic heterocycles. The fourth-order valence-electron chi connectivity index (χ4n) is 2.11. The molecule has 0 saturated heterocycles. The van der Waals surface area contributed by atoms with Crippen LogP contribution in [0.3, 0.4) is 0 Å². The molecular weight excluding hydrogens is 410 g/mol. The molecule has 0 bridgehead atoms. The predicted octanol–water partition coefficient (Wildman–Crippen LogP) is 1.81. The van der Waals surface area contributed by atoms with Crippen LogP contribution in [0.15, 0.2) is 40.6 Å². The van der Waals surface area contributed by atoms with Gasteiger partial charge >= 0.3 is 5.97 Å². The highest BCUT2D eigenvalue weighted by Crippen LogP contribution is 2.20. The van der Waals surface area contributed by atoms with Gasteiger partial charge in [-0.2, -0.15) is 11.8 Å². The molecule has 1 aromatic heterocycles. The number of carboxylic acids is 1. The van der Waals surface area contributed by atoms with Crippen LogP contribution in [0.25, 0.3) is 0 Å². The van der Waals surface area contributed by atoms with E-state index in [1.807, 2.05) is 6.26 Å². The summed E-state index contributed by atoms with van der Waals surface area (Å²) in [6.07, 6.45) is 2.04. The molecule has 2 aromatic rings. The van der Waals surface area contributed by atoms with Gasteiger partial charge in [0.15, 0.2) is 5.13 Å². The Kier molecular flexibility index (Phi) is 7.63. The Hall–Kier alpha value is -2.11. The molecule has 8 nitrogen and oxygen atoms in total. The fourth-order valence-corrected chi connectivity index (χ4v) is 4.57. The van der Waals surface area contributed by atoms with Gasteiger partial charge in [0.05, 0.1) is 17.0 Å². The van der Waals surface area contributed by atoms with Crippen LogP contribution in [0.2, 0.25) is 0 Å². The first-order valence-electron chi connectivity index (χ1n) is 7.85. The number of carboxylic acid groups (broad SMARTS) is 1. The molecule has 0 spiro atoms. The third-order valence-corrected chi connectivity index (χ3v) is 6.35.